The summed E-state index contributed by atoms with van der Waals surface area (Å²) in [7, 11) is 0. The first-order valence-electron chi connectivity index (χ1n) is 4.79. The van der Waals surface area contributed by atoms with Crippen molar-refractivity contribution in [3.63, 3.8) is 0 Å². The molecule has 0 N–H and O–H groups in total. The molecule has 0 aliphatic carbocycles. The van der Waals surface area contributed by atoms with E-state index in [4.69, 9.17) is 21.0 Å². The third-order valence-electron chi connectivity index (χ3n) is 2.24. The van der Waals surface area contributed by atoms with Gasteiger partial charge in [-0.1, -0.05) is 12.1 Å². The number of aromatic carboxylic acids is 1. The molecule has 0 radical (unpaired) electrons. The second-order valence-corrected chi connectivity index (χ2v) is 3.25. The number of nitrogens with zero attached hydrogens (tertiary/aromatic N) is 4. The second-order valence-electron chi connectivity index (χ2n) is 3.25. The molecule has 0 atom stereocenters. The molecule has 0 aliphatic heterocycles. The van der Waals surface area contributed by atoms with E-state index in [1.54, 1.807) is 24.3 Å². The average Bonchev–Trinajstić information content (AvgIpc) is 2.42. The van der Waals surface area contributed by atoms with E-state index in [9.17, 15) is 9.90 Å². The molecule has 0 spiro atoms. The van der Waals surface area contributed by atoms with Gasteiger partial charge >= 0.3 is 18.9 Å². The molecule has 0 saturated heterocycles. The number of carbonyl (C=O) groups excluding carboxylic acids is 1. The molecule has 0 heterocycles. The first kappa shape index (κ1) is 17.0. The van der Waals surface area contributed by atoms with Crippen molar-refractivity contribution in [2.24, 2.45) is 0 Å². The average molecular weight is 254 g/mol. The third-order valence-corrected chi connectivity index (χ3v) is 2.24. The normalized spacial score (nSPS) is 7.80. The maximum Gasteiger partial charge on any atom is 1.00 e. The van der Waals surface area contributed by atoms with E-state index in [0.29, 0.717) is 0 Å². The van der Waals surface area contributed by atoms with Crippen molar-refractivity contribution < 1.29 is 28.8 Å². The molecule has 0 aromatic heterocycles. The van der Waals surface area contributed by atoms with Crippen LogP contribution in [-0.4, -0.2) is 5.97 Å². The first-order chi connectivity index (χ1) is 9.08. The maximum atomic E-state index is 11.0. The molecule has 0 fully saturated rings. The summed E-state index contributed by atoms with van der Waals surface area (Å²) in [5.41, 5.74) is -1.08. The fourth-order valence-electron chi connectivity index (χ4n) is 1.39. The molecule has 88 valence electrons. The van der Waals surface area contributed by atoms with E-state index in [0.717, 1.165) is 6.07 Å². The number of hydrogen-bond donors (Lipinski definition) is 0. The van der Waals surface area contributed by atoms with E-state index < -0.39 is 11.5 Å². The monoisotopic (exact) mass is 254 g/mol. The van der Waals surface area contributed by atoms with Crippen LogP contribution in [0.25, 0.3) is 11.1 Å². The summed E-state index contributed by atoms with van der Waals surface area (Å²) in [5, 5.41) is 45.8. The van der Waals surface area contributed by atoms with Crippen LogP contribution in [0.3, 0.4) is 0 Å². The molecule has 7 heteroatoms. The summed E-state index contributed by atoms with van der Waals surface area (Å²) in [6, 6.07) is 9.88. The van der Waals surface area contributed by atoms with Gasteiger partial charge in [0.25, 0.3) is 0 Å². The molecule has 20 heavy (non-hydrogen) atoms. The molecule has 0 saturated carbocycles. The van der Waals surface area contributed by atoms with Gasteiger partial charge in [-0.3, -0.25) is 0 Å². The van der Waals surface area contributed by atoms with E-state index in [1.807, 2.05) is 0 Å². The van der Waals surface area contributed by atoms with Crippen LogP contribution >= 0.6 is 0 Å². The van der Waals surface area contributed by atoms with E-state index in [2.05, 4.69) is 0 Å². The zero-order chi connectivity index (χ0) is 14.4. The van der Waals surface area contributed by atoms with Gasteiger partial charge in [-0.15, -0.1) is 0 Å². The van der Waals surface area contributed by atoms with E-state index in [-0.39, 0.29) is 40.4 Å². The van der Waals surface area contributed by atoms with Gasteiger partial charge in [0, 0.05) is 16.0 Å². The Bertz CT molecular complexity index is 813. The molecule has 0 unspecified atom stereocenters. The molecule has 1 aromatic carbocycles. The van der Waals surface area contributed by atoms with Crippen LogP contribution in [0.15, 0.2) is 18.2 Å². The van der Waals surface area contributed by atoms with Gasteiger partial charge in [-0.2, -0.15) is 21.0 Å². The van der Waals surface area contributed by atoms with Gasteiger partial charge in [-0.25, -0.2) is 0 Å². The Balaban J connectivity index is 0.00000361. The molecule has 1 aromatic rings. The summed E-state index contributed by atoms with van der Waals surface area (Å²) in [5.74, 6) is -1.60. The van der Waals surface area contributed by atoms with Crippen LogP contribution in [0.5, 0.6) is 0 Å². The molecule has 0 aliphatic rings. The van der Waals surface area contributed by atoms with Crippen LogP contribution in [0, 0.1) is 45.3 Å². The van der Waals surface area contributed by atoms with Crippen molar-refractivity contribution in [2.45, 2.75) is 0 Å². The van der Waals surface area contributed by atoms with Crippen LogP contribution in [0.2, 0.25) is 0 Å². The Hall–Kier alpha value is -3.01. The number of nitriles is 4. The number of carboxylic acid groups (broad SMARTS) is 1. The number of rotatable bonds is 1. The number of benzene rings is 1. The minimum Gasteiger partial charge on any atom is -0.545 e. The van der Waals surface area contributed by atoms with Crippen molar-refractivity contribution in [3.8, 4) is 24.3 Å². The van der Waals surface area contributed by atoms with E-state index >= 15 is 0 Å². The second kappa shape index (κ2) is 7.43. The zero-order valence-corrected chi connectivity index (χ0v) is 10.3. The molecule has 0 bridgehead atoms. The first-order valence-corrected chi connectivity index (χ1v) is 4.79. The van der Waals surface area contributed by atoms with Crippen molar-refractivity contribution in [1.82, 2.24) is 0 Å². The minimum absolute atomic E-state index is 0. The Kier molecular flexibility index (Phi) is 6.31. The minimum atomic E-state index is -1.60. The number of carboxylic acids is 1. The quantitative estimate of drug-likeness (QED) is 0.463. The van der Waals surface area contributed by atoms with Crippen LogP contribution in [-0.2, 0) is 0 Å². The Labute approximate surface area is 125 Å². The molecule has 1 rings (SSSR count). The fourth-order valence-corrected chi connectivity index (χ4v) is 1.39. The van der Waals surface area contributed by atoms with Gasteiger partial charge < -0.3 is 9.90 Å². The Morgan fingerprint density at radius 3 is 1.85 bits per heavy atom. The van der Waals surface area contributed by atoms with Crippen molar-refractivity contribution in [3.05, 3.63) is 34.2 Å². The van der Waals surface area contributed by atoms with Gasteiger partial charge in [-0.05, 0) is 6.07 Å². The van der Waals surface area contributed by atoms with Crippen molar-refractivity contribution in [2.75, 3.05) is 0 Å². The van der Waals surface area contributed by atoms with Crippen LogP contribution < -0.4 is 34.4 Å². The summed E-state index contributed by atoms with van der Waals surface area (Å²) in [4.78, 5) is 11.0. The van der Waals surface area contributed by atoms with Crippen molar-refractivity contribution >= 4 is 17.1 Å². The summed E-state index contributed by atoms with van der Waals surface area (Å²) in [6.07, 6.45) is 0. The number of carbonyl (C=O) groups is 1. The Morgan fingerprint density at radius 2 is 1.45 bits per heavy atom. The standard InChI is InChI=1S/C13H4N4O2.Li/c14-4-9(5-15)8-1-2-11(10(6-16)7-17)12(3-8)13(18)19;/h1-3H,(H,18,19);/q;+1/p-1. The van der Waals surface area contributed by atoms with Gasteiger partial charge in [0.1, 0.15) is 35.4 Å². The predicted molar refractivity (Wildman–Crippen MR) is 59.3 cm³/mol. The smallest absolute Gasteiger partial charge is 0.545 e. The number of hydrogen-bond acceptors (Lipinski definition) is 6. The third kappa shape index (κ3) is 3.26. The maximum absolute atomic E-state index is 11.0. The van der Waals surface area contributed by atoms with Crippen molar-refractivity contribution in [1.29, 1.82) is 21.0 Å². The molecule has 6 nitrogen and oxygen atoms in total. The fraction of sp³-hybridized carbons (Fsp3) is 0. The topological polar surface area (TPSA) is 135 Å². The predicted octanol–water partition coefficient (Wildman–Crippen LogP) is -4.55. The Morgan fingerprint density at radius 1 is 0.950 bits per heavy atom. The molecular formula is C13H3LiN4O2. The van der Waals surface area contributed by atoms with Gasteiger partial charge in [0.05, 0.1) is 5.97 Å². The molecular weight excluding hydrogens is 251 g/mol. The molecule has 0 amide bonds. The SMILES string of the molecule is N#CC(C#N)=c1ccc(=C(C#N)C#N)c(C(=O)[O-])c1.[Li+]. The summed E-state index contributed by atoms with van der Waals surface area (Å²) in [6.45, 7) is 0. The van der Waals surface area contributed by atoms with Crippen LogP contribution in [0.1, 0.15) is 10.4 Å². The largest absolute Gasteiger partial charge is 1.00 e. The van der Waals surface area contributed by atoms with E-state index in [1.165, 1.54) is 12.1 Å². The van der Waals surface area contributed by atoms with Gasteiger partial charge in [0.15, 0.2) is 0 Å². The van der Waals surface area contributed by atoms with Crippen LogP contribution in [0.4, 0.5) is 0 Å². The van der Waals surface area contributed by atoms with Gasteiger partial charge in [0.2, 0.25) is 0 Å². The zero-order valence-electron chi connectivity index (χ0n) is 10.3. The summed E-state index contributed by atoms with van der Waals surface area (Å²) < 4.78 is 0. The summed E-state index contributed by atoms with van der Waals surface area (Å²) >= 11 is 0.